The van der Waals surface area contributed by atoms with Gasteiger partial charge in [-0.25, -0.2) is 0 Å². The van der Waals surface area contributed by atoms with Gasteiger partial charge in [0.15, 0.2) is 0 Å². The van der Waals surface area contributed by atoms with E-state index >= 15 is 0 Å². The van der Waals surface area contributed by atoms with Crippen LogP contribution in [0.2, 0.25) is 0 Å². The first-order valence-electron chi connectivity index (χ1n) is 8.18. The van der Waals surface area contributed by atoms with Gasteiger partial charge in [-0.15, -0.1) is 0 Å². The molecular formula is C18H29NO2. The highest BCUT2D eigenvalue weighted by Crippen LogP contribution is 2.41. The number of rotatable bonds is 7. The van der Waals surface area contributed by atoms with Crippen molar-refractivity contribution in [1.29, 1.82) is 0 Å². The molecule has 3 heteroatoms. The fourth-order valence-electron chi connectivity index (χ4n) is 3.48. The van der Waals surface area contributed by atoms with Gasteiger partial charge in [0.25, 0.3) is 0 Å². The molecule has 1 aliphatic rings. The Kier molecular flexibility index (Phi) is 6.07. The SMILES string of the molecule is CCCNC(c1cccc(OC)c1)C1(OC)CCCCC1. The average molecular weight is 291 g/mol. The molecule has 1 atom stereocenters. The van der Waals surface area contributed by atoms with Crippen molar-refractivity contribution in [3.63, 3.8) is 0 Å². The molecule has 0 saturated heterocycles. The van der Waals surface area contributed by atoms with Crippen LogP contribution < -0.4 is 10.1 Å². The Balaban J connectivity index is 2.31. The van der Waals surface area contributed by atoms with Crippen molar-refractivity contribution in [1.82, 2.24) is 5.32 Å². The zero-order chi connectivity index (χ0) is 15.1. The maximum Gasteiger partial charge on any atom is 0.119 e. The van der Waals surface area contributed by atoms with Crippen LogP contribution >= 0.6 is 0 Å². The van der Waals surface area contributed by atoms with E-state index in [4.69, 9.17) is 9.47 Å². The predicted molar refractivity (Wildman–Crippen MR) is 86.9 cm³/mol. The summed E-state index contributed by atoms with van der Waals surface area (Å²) in [6, 6.07) is 8.63. The molecule has 0 radical (unpaired) electrons. The molecule has 0 spiro atoms. The lowest BCUT2D eigenvalue weighted by Gasteiger charge is -2.43. The van der Waals surface area contributed by atoms with Gasteiger partial charge in [-0.1, -0.05) is 38.3 Å². The highest BCUT2D eigenvalue weighted by molar-refractivity contribution is 5.32. The summed E-state index contributed by atoms with van der Waals surface area (Å²) < 4.78 is 11.5. The van der Waals surface area contributed by atoms with Crippen LogP contribution in [0.5, 0.6) is 5.75 Å². The molecule has 1 aromatic rings. The van der Waals surface area contributed by atoms with Gasteiger partial charge in [-0.05, 0) is 43.5 Å². The number of ether oxygens (including phenoxy) is 2. The van der Waals surface area contributed by atoms with Crippen molar-refractivity contribution in [2.45, 2.75) is 57.1 Å². The van der Waals surface area contributed by atoms with Gasteiger partial charge >= 0.3 is 0 Å². The summed E-state index contributed by atoms with van der Waals surface area (Å²) in [5.74, 6) is 0.915. The third-order valence-corrected chi connectivity index (χ3v) is 4.66. The maximum absolute atomic E-state index is 6.06. The quantitative estimate of drug-likeness (QED) is 0.821. The highest BCUT2D eigenvalue weighted by Gasteiger charge is 2.40. The number of nitrogens with one attached hydrogen (secondary N) is 1. The van der Waals surface area contributed by atoms with Crippen molar-refractivity contribution in [2.24, 2.45) is 0 Å². The largest absolute Gasteiger partial charge is 0.497 e. The topological polar surface area (TPSA) is 30.5 Å². The molecule has 0 aliphatic heterocycles. The molecule has 1 unspecified atom stereocenters. The zero-order valence-corrected chi connectivity index (χ0v) is 13.7. The number of benzene rings is 1. The van der Waals surface area contributed by atoms with E-state index in [0.717, 1.165) is 31.6 Å². The second-order valence-corrected chi connectivity index (χ2v) is 5.99. The Labute approximate surface area is 129 Å². The third-order valence-electron chi connectivity index (χ3n) is 4.66. The first-order valence-corrected chi connectivity index (χ1v) is 8.18. The molecule has 0 aromatic heterocycles. The van der Waals surface area contributed by atoms with E-state index in [1.54, 1.807) is 7.11 Å². The monoisotopic (exact) mass is 291 g/mol. The molecule has 1 aliphatic carbocycles. The highest BCUT2D eigenvalue weighted by atomic mass is 16.5. The molecule has 1 N–H and O–H groups in total. The summed E-state index contributed by atoms with van der Waals surface area (Å²) in [7, 11) is 3.59. The van der Waals surface area contributed by atoms with E-state index in [0.29, 0.717) is 0 Å². The Morgan fingerprint density at radius 3 is 2.57 bits per heavy atom. The molecule has 3 nitrogen and oxygen atoms in total. The lowest BCUT2D eigenvalue weighted by molar-refractivity contribution is -0.0687. The van der Waals surface area contributed by atoms with Crippen LogP contribution in [0.15, 0.2) is 24.3 Å². The molecule has 0 heterocycles. The third kappa shape index (κ3) is 3.78. The summed E-state index contributed by atoms with van der Waals surface area (Å²) in [6.45, 7) is 3.21. The molecule has 0 amide bonds. The molecule has 1 fully saturated rings. The van der Waals surface area contributed by atoms with Gasteiger partial charge in [-0.3, -0.25) is 0 Å². The fraction of sp³-hybridized carbons (Fsp3) is 0.667. The van der Waals surface area contributed by atoms with Crippen LogP contribution in [0.1, 0.15) is 57.1 Å². The fourth-order valence-corrected chi connectivity index (χ4v) is 3.48. The molecule has 2 rings (SSSR count). The average Bonchev–Trinajstić information content (AvgIpc) is 2.56. The van der Waals surface area contributed by atoms with Crippen molar-refractivity contribution in [3.05, 3.63) is 29.8 Å². The van der Waals surface area contributed by atoms with Gasteiger partial charge < -0.3 is 14.8 Å². The van der Waals surface area contributed by atoms with Gasteiger partial charge in [-0.2, -0.15) is 0 Å². The van der Waals surface area contributed by atoms with Crippen LogP contribution in [0.25, 0.3) is 0 Å². The van der Waals surface area contributed by atoms with Crippen molar-refractivity contribution in [3.8, 4) is 5.75 Å². The first kappa shape index (κ1) is 16.3. The van der Waals surface area contributed by atoms with Gasteiger partial charge in [0.1, 0.15) is 5.75 Å². The first-order chi connectivity index (χ1) is 10.3. The maximum atomic E-state index is 6.06. The number of methoxy groups -OCH3 is 2. The molecule has 21 heavy (non-hydrogen) atoms. The summed E-state index contributed by atoms with van der Waals surface area (Å²) >= 11 is 0. The van der Waals surface area contributed by atoms with Gasteiger partial charge in [0.05, 0.1) is 18.8 Å². The minimum absolute atomic E-state index is 0.0835. The molecular weight excluding hydrogens is 262 g/mol. The molecule has 1 saturated carbocycles. The summed E-state index contributed by atoms with van der Waals surface area (Å²) in [6.07, 6.45) is 7.21. The lowest BCUT2D eigenvalue weighted by Crippen LogP contribution is -2.47. The van der Waals surface area contributed by atoms with Crippen LogP contribution in [0.3, 0.4) is 0 Å². The van der Waals surface area contributed by atoms with Crippen molar-refractivity contribution >= 4 is 0 Å². The number of hydrogen-bond donors (Lipinski definition) is 1. The summed E-state index contributed by atoms with van der Waals surface area (Å²) in [4.78, 5) is 0. The Morgan fingerprint density at radius 2 is 1.95 bits per heavy atom. The van der Waals surface area contributed by atoms with E-state index in [1.807, 2.05) is 13.2 Å². The normalized spacial score (nSPS) is 19.2. The standard InChI is InChI=1S/C18H29NO2/c1-4-13-19-17(15-9-8-10-16(14-15)20-2)18(21-3)11-6-5-7-12-18/h8-10,14,17,19H,4-7,11-13H2,1-3H3. The Hall–Kier alpha value is -1.06. The zero-order valence-electron chi connectivity index (χ0n) is 13.7. The number of hydrogen-bond acceptors (Lipinski definition) is 3. The minimum Gasteiger partial charge on any atom is -0.497 e. The van der Waals surface area contributed by atoms with Crippen molar-refractivity contribution < 1.29 is 9.47 Å². The van der Waals surface area contributed by atoms with E-state index < -0.39 is 0 Å². The smallest absolute Gasteiger partial charge is 0.119 e. The predicted octanol–water partition coefficient (Wildman–Crippen LogP) is 4.09. The van der Waals surface area contributed by atoms with Crippen LogP contribution in [0.4, 0.5) is 0 Å². The van der Waals surface area contributed by atoms with E-state index in [1.165, 1.54) is 24.8 Å². The Bertz CT molecular complexity index is 427. The lowest BCUT2D eigenvalue weighted by atomic mass is 9.76. The van der Waals surface area contributed by atoms with E-state index in [-0.39, 0.29) is 11.6 Å². The summed E-state index contributed by atoms with van der Waals surface area (Å²) in [5, 5.41) is 3.72. The van der Waals surface area contributed by atoms with Crippen LogP contribution in [-0.2, 0) is 4.74 Å². The second-order valence-electron chi connectivity index (χ2n) is 5.99. The summed E-state index contributed by atoms with van der Waals surface area (Å²) in [5.41, 5.74) is 1.19. The molecule has 118 valence electrons. The molecule has 1 aromatic carbocycles. The minimum atomic E-state index is -0.0835. The van der Waals surface area contributed by atoms with E-state index in [9.17, 15) is 0 Å². The van der Waals surface area contributed by atoms with Crippen molar-refractivity contribution in [2.75, 3.05) is 20.8 Å². The van der Waals surface area contributed by atoms with Gasteiger partial charge in [0.2, 0.25) is 0 Å². The Morgan fingerprint density at radius 1 is 1.19 bits per heavy atom. The molecule has 0 bridgehead atoms. The van der Waals surface area contributed by atoms with Crippen LogP contribution in [0, 0.1) is 0 Å². The van der Waals surface area contributed by atoms with Gasteiger partial charge in [0, 0.05) is 7.11 Å². The van der Waals surface area contributed by atoms with E-state index in [2.05, 4.69) is 30.4 Å². The second kappa shape index (κ2) is 7.81. The van der Waals surface area contributed by atoms with Crippen LogP contribution in [-0.4, -0.2) is 26.4 Å².